The number of anilines is 1. The smallest absolute Gasteiger partial charge is 0.413 e. The van der Waals surface area contributed by atoms with Gasteiger partial charge < -0.3 is 14.5 Å². The van der Waals surface area contributed by atoms with Crippen molar-refractivity contribution >= 4 is 45.2 Å². The molecule has 3 aromatic rings. The van der Waals surface area contributed by atoms with E-state index in [4.69, 9.17) is 4.42 Å². The maximum absolute atomic E-state index is 12.8. The van der Waals surface area contributed by atoms with E-state index in [1.54, 1.807) is 12.1 Å². The number of imide groups is 1. The molecule has 0 radical (unpaired) electrons. The molecular formula is C21H20N2O5S. The fourth-order valence-electron chi connectivity index (χ4n) is 3.54. The van der Waals surface area contributed by atoms with Crippen LogP contribution < -0.4 is 10.6 Å². The second kappa shape index (κ2) is 7.71. The number of nitrogens with one attached hydrogen (secondary N) is 2. The monoisotopic (exact) mass is 412 g/mol. The summed E-state index contributed by atoms with van der Waals surface area (Å²) in [6, 6.07) is 9.00. The first-order valence-electron chi connectivity index (χ1n) is 9.30. The van der Waals surface area contributed by atoms with Crippen LogP contribution in [0.15, 0.2) is 34.7 Å². The molecule has 2 aromatic heterocycles. The molecule has 0 saturated heterocycles. The molecule has 150 valence electrons. The van der Waals surface area contributed by atoms with Gasteiger partial charge in [-0.2, -0.15) is 0 Å². The number of methoxy groups -OCH3 is 1. The van der Waals surface area contributed by atoms with Gasteiger partial charge in [0.05, 0.1) is 12.7 Å². The normalized spacial score (nSPS) is 15.6. The van der Waals surface area contributed by atoms with Gasteiger partial charge in [0.15, 0.2) is 5.76 Å². The number of hydrogen-bond donors (Lipinski definition) is 2. The van der Waals surface area contributed by atoms with E-state index in [1.165, 1.54) is 18.4 Å². The average molecular weight is 412 g/mol. The number of furan rings is 1. The van der Waals surface area contributed by atoms with Gasteiger partial charge >= 0.3 is 6.09 Å². The Morgan fingerprint density at radius 1 is 1.21 bits per heavy atom. The topological polar surface area (TPSA) is 97.6 Å². The number of ether oxygens (including phenoxy) is 1. The number of rotatable bonds is 3. The maximum Gasteiger partial charge on any atom is 0.413 e. The number of amides is 3. The molecular weight excluding hydrogens is 392 g/mol. The Labute approximate surface area is 171 Å². The Hall–Kier alpha value is -3.13. The van der Waals surface area contributed by atoms with Crippen molar-refractivity contribution in [1.82, 2.24) is 5.32 Å². The summed E-state index contributed by atoms with van der Waals surface area (Å²) >= 11 is 1.37. The van der Waals surface area contributed by atoms with Crippen molar-refractivity contribution in [3.63, 3.8) is 0 Å². The fourth-order valence-corrected chi connectivity index (χ4v) is 4.95. The van der Waals surface area contributed by atoms with Crippen molar-refractivity contribution in [3.8, 4) is 0 Å². The summed E-state index contributed by atoms with van der Waals surface area (Å²) in [4.78, 5) is 38.1. The molecule has 4 rings (SSSR count). The molecule has 2 N–H and O–H groups in total. The van der Waals surface area contributed by atoms with Crippen LogP contribution in [0.1, 0.15) is 44.7 Å². The Balaban J connectivity index is 1.67. The quantitative estimate of drug-likeness (QED) is 0.666. The predicted molar refractivity (Wildman–Crippen MR) is 110 cm³/mol. The standard InChI is InChI=1S/C21H20N2O5S/c1-11-7-8-13-16(9-11)29-20(17(13)19(25)23-21(26)27-2)22-18(24)15-10-12-5-3-4-6-14(12)28-15/h3-6,10-11H,7-9H2,1-2H3,(H,22,24)(H,23,25,26)/t11-/m1/s1. The highest BCUT2D eigenvalue weighted by Gasteiger charge is 2.29. The fraction of sp³-hybridized carbons (Fsp3) is 0.286. The third kappa shape index (κ3) is 3.75. The predicted octanol–water partition coefficient (Wildman–Crippen LogP) is 4.37. The molecule has 1 atom stereocenters. The van der Waals surface area contributed by atoms with Crippen LogP contribution in [0.2, 0.25) is 0 Å². The Morgan fingerprint density at radius 2 is 2.00 bits per heavy atom. The van der Waals surface area contributed by atoms with Crippen molar-refractivity contribution in [1.29, 1.82) is 0 Å². The summed E-state index contributed by atoms with van der Waals surface area (Å²) in [5.41, 5.74) is 1.82. The third-order valence-corrected chi connectivity index (χ3v) is 6.19. The van der Waals surface area contributed by atoms with Crippen LogP contribution in [0.3, 0.4) is 0 Å². The first-order chi connectivity index (χ1) is 14.0. The number of carbonyl (C=O) groups is 3. The van der Waals surface area contributed by atoms with E-state index >= 15 is 0 Å². The molecule has 0 bridgehead atoms. The van der Waals surface area contributed by atoms with Gasteiger partial charge in [-0.3, -0.25) is 14.9 Å². The number of para-hydroxylation sites is 1. The molecule has 0 saturated carbocycles. The molecule has 29 heavy (non-hydrogen) atoms. The molecule has 3 amide bonds. The Morgan fingerprint density at radius 3 is 2.76 bits per heavy atom. The van der Waals surface area contributed by atoms with E-state index in [-0.39, 0.29) is 5.76 Å². The molecule has 0 fully saturated rings. The van der Waals surface area contributed by atoms with Gasteiger partial charge in [-0.15, -0.1) is 11.3 Å². The van der Waals surface area contributed by atoms with Crippen LogP contribution in [-0.2, 0) is 17.6 Å². The summed E-state index contributed by atoms with van der Waals surface area (Å²) in [7, 11) is 1.19. The van der Waals surface area contributed by atoms with E-state index in [9.17, 15) is 14.4 Å². The number of carbonyl (C=O) groups excluding carboxylic acids is 3. The third-order valence-electron chi connectivity index (χ3n) is 5.02. The van der Waals surface area contributed by atoms with Crippen LogP contribution in [-0.4, -0.2) is 25.0 Å². The summed E-state index contributed by atoms with van der Waals surface area (Å²) in [6.07, 6.45) is 1.66. The second-order valence-corrected chi connectivity index (χ2v) is 8.21. The maximum atomic E-state index is 12.8. The van der Waals surface area contributed by atoms with E-state index in [0.29, 0.717) is 22.1 Å². The number of fused-ring (bicyclic) bond motifs is 2. The van der Waals surface area contributed by atoms with Gasteiger partial charge in [0.1, 0.15) is 10.6 Å². The largest absolute Gasteiger partial charge is 0.453 e. The Kier molecular flexibility index (Phi) is 5.10. The summed E-state index contributed by atoms with van der Waals surface area (Å²) in [6.45, 7) is 2.16. The molecule has 1 aromatic carbocycles. The lowest BCUT2D eigenvalue weighted by molar-refractivity contribution is 0.0937. The van der Waals surface area contributed by atoms with Crippen molar-refractivity contribution in [2.45, 2.75) is 26.2 Å². The zero-order chi connectivity index (χ0) is 20.5. The van der Waals surface area contributed by atoms with Crippen molar-refractivity contribution in [3.05, 3.63) is 52.1 Å². The average Bonchev–Trinajstić information content (AvgIpc) is 3.28. The van der Waals surface area contributed by atoms with Crippen LogP contribution in [0.25, 0.3) is 11.0 Å². The number of benzene rings is 1. The second-order valence-electron chi connectivity index (χ2n) is 7.10. The highest BCUT2D eigenvalue weighted by Crippen LogP contribution is 2.40. The van der Waals surface area contributed by atoms with E-state index < -0.39 is 17.9 Å². The zero-order valence-corrected chi connectivity index (χ0v) is 16.9. The molecule has 1 aliphatic rings. The van der Waals surface area contributed by atoms with Crippen LogP contribution in [0, 0.1) is 5.92 Å². The van der Waals surface area contributed by atoms with Crippen LogP contribution >= 0.6 is 11.3 Å². The number of alkyl carbamates (subject to hydrolysis) is 1. The van der Waals surface area contributed by atoms with Crippen molar-refractivity contribution < 1.29 is 23.5 Å². The SMILES string of the molecule is COC(=O)NC(=O)c1c(NC(=O)c2cc3ccccc3o2)sc2c1CC[C@@H](C)C2. The first-order valence-corrected chi connectivity index (χ1v) is 10.1. The van der Waals surface area contributed by atoms with Gasteiger partial charge in [-0.05, 0) is 42.9 Å². The van der Waals surface area contributed by atoms with E-state index in [0.717, 1.165) is 35.1 Å². The lowest BCUT2D eigenvalue weighted by atomic mass is 9.88. The van der Waals surface area contributed by atoms with Gasteiger partial charge in [0, 0.05) is 10.3 Å². The van der Waals surface area contributed by atoms with Gasteiger partial charge in [-0.1, -0.05) is 25.1 Å². The van der Waals surface area contributed by atoms with Crippen LogP contribution in [0.5, 0.6) is 0 Å². The molecule has 7 nitrogen and oxygen atoms in total. The van der Waals surface area contributed by atoms with Crippen molar-refractivity contribution in [2.75, 3.05) is 12.4 Å². The van der Waals surface area contributed by atoms with Gasteiger partial charge in [-0.25, -0.2) is 4.79 Å². The van der Waals surface area contributed by atoms with Crippen molar-refractivity contribution in [2.24, 2.45) is 5.92 Å². The minimum Gasteiger partial charge on any atom is -0.453 e. The lowest BCUT2D eigenvalue weighted by Crippen LogP contribution is -2.31. The molecule has 0 aliphatic heterocycles. The lowest BCUT2D eigenvalue weighted by Gasteiger charge is -2.18. The summed E-state index contributed by atoms with van der Waals surface area (Å²) < 4.78 is 10.2. The molecule has 0 unspecified atom stereocenters. The number of hydrogen-bond acceptors (Lipinski definition) is 6. The van der Waals surface area contributed by atoms with Gasteiger partial charge in [0.25, 0.3) is 11.8 Å². The molecule has 0 spiro atoms. The highest BCUT2D eigenvalue weighted by atomic mass is 32.1. The zero-order valence-electron chi connectivity index (χ0n) is 16.0. The molecule has 1 aliphatic carbocycles. The number of thiophene rings is 1. The van der Waals surface area contributed by atoms with Crippen LogP contribution in [0.4, 0.5) is 9.80 Å². The molecule has 2 heterocycles. The minimum atomic E-state index is -0.839. The van der Waals surface area contributed by atoms with E-state index in [1.807, 2.05) is 18.2 Å². The Bertz CT molecular complexity index is 1080. The van der Waals surface area contributed by atoms with E-state index in [2.05, 4.69) is 22.3 Å². The first kappa shape index (κ1) is 19.2. The minimum absolute atomic E-state index is 0.158. The highest BCUT2D eigenvalue weighted by molar-refractivity contribution is 7.17. The van der Waals surface area contributed by atoms with Gasteiger partial charge in [0.2, 0.25) is 0 Å². The molecule has 8 heteroatoms. The summed E-state index contributed by atoms with van der Waals surface area (Å²) in [5, 5.41) is 6.24. The summed E-state index contributed by atoms with van der Waals surface area (Å²) in [5.74, 6) is -0.370.